The number of anilines is 1. The summed E-state index contributed by atoms with van der Waals surface area (Å²) in [6.07, 6.45) is 0.691. The normalized spacial score (nSPS) is 13.8. The third kappa shape index (κ3) is 2.33. The highest BCUT2D eigenvalue weighted by molar-refractivity contribution is 5.93. The zero-order valence-electron chi connectivity index (χ0n) is 11.2. The highest BCUT2D eigenvalue weighted by Gasteiger charge is 2.26. The van der Waals surface area contributed by atoms with Crippen molar-refractivity contribution >= 4 is 17.4 Å². The minimum absolute atomic E-state index is 0.181. The molecule has 7 heteroatoms. The Morgan fingerprint density at radius 3 is 2.86 bits per heavy atom. The van der Waals surface area contributed by atoms with E-state index in [0.717, 1.165) is 16.8 Å². The summed E-state index contributed by atoms with van der Waals surface area (Å²) in [5.41, 5.74) is 9.01. The molecule has 2 heterocycles. The topological polar surface area (TPSA) is 105 Å². The Morgan fingerprint density at radius 2 is 2.14 bits per heavy atom. The number of nitrogen functional groups attached to an aromatic ring is 1. The molecule has 1 aromatic carbocycles. The molecule has 0 aliphatic carbocycles. The second-order valence-electron chi connectivity index (χ2n) is 4.98. The number of H-pyrrole nitrogens is 1. The van der Waals surface area contributed by atoms with E-state index in [1.807, 2.05) is 18.2 Å². The van der Waals surface area contributed by atoms with E-state index < -0.39 is 4.92 Å². The van der Waals surface area contributed by atoms with Crippen LogP contribution in [0, 0.1) is 10.1 Å². The summed E-state index contributed by atoms with van der Waals surface area (Å²) in [4.78, 5) is 26.7. The molecule has 3 N–H and O–H groups in total. The first-order chi connectivity index (χ1) is 10.1. The van der Waals surface area contributed by atoms with Gasteiger partial charge in [0, 0.05) is 24.8 Å². The van der Waals surface area contributed by atoms with Crippen LogP contribution in [-0.2, 0) is 13.0 Å². The fourth-order valence-corrected chi connectivity index (χ4v) is 2.60. The maximum atomic E-state index is 12.4. The minimum Gasteiger partial charge on any atom is -0.398 e. The Hall–Kier alpha value is -2.83. The predicted molar refractivity (Wildman–Crippen MR) is 76.7 cm³/mol. The Labute approximate surface area is 120 Å². The molecule has 21 heavy (non-hydrogen) atoms. The molecule has 0 saturated heterocycles. The first-order valence-electron chi connectivity index (χ1n) is 6.55. The third-order valence-electron chi connectivity index (χ3n) is 3.69. The molecule has 0 spiro atoms. The summed E-state index contributed by atoms with van der Waals surface area (Å²) in [7, 11) is 0. The van der Waals surface area contributed by atoms with Crippen molar-refractivity contribution in [2.75, 3.05) is 12.3 Å². The number of nitro groups is 1. The van der Waals surface area contributed by atoms with Crippen molar-refractivity contribution in [1.29, 1.82) is 0 Å². The summed E-state index contributed by atoms with van der Waals surface area (Å²) in [5, 5.41) is 10.6. The maximum Gasteiger partial charge on any atom is 0.321 e. The van der Waals surface area contributed by atoms with Gasteiger partial charge in [0.05, 0.1) is 0 Å². The maximum absolute atomic E-state index is 12.4. The molecule has 1 aromatic heterocycles. The highest BCUT2D eigenvalue weighted by atomic mass is 16.6. The number of carbonyl (C=O) groups excluding carboxylic acids is 1. The van der Waals surface area contributed by atoms with Crippen LogP contribution in [0.3, 0.4) is 0 Å². The summed E-state index contributed by atoms with van der Waals surface area (Å²) in [5.74, 6) is -0.420. The number of nitrogens with zero attached hydrogens (tertiary/aromatic N) is 2. The summed E-state index contributed by atoms with van der Waals surface area (Å²) in [6.45, 7) is 1.01. The van der Waals surface area contributed by atoms with Gasteiger partial charge >= 0.3 is 5.82 Å². The molecule has 0 radical (unpaired) electrons. The second-order valence-corrected chi connectivity index (χ2v) is 4.98. The molecule has 108 valence electrons. The summed E-state index contributed by atoms with van der Waals surface area (Å²) < 4.78 is 0. The lowest BCUT2D eigenvalue weighted by atomic mass is 9.98. The van der Waals surface area contributed by atoms with Gasteiger partial charge < -0.3 is 20.7 Å². The molecule has 1 aliphatic heterocycles. The van der Waals surface area contributed by atoms with Gasteiger partial charge in [-0.15, -0.1) is 0 Å². The monoisotopic (exact) mass is 286 g/mol. The number of nitrogens with two attached hydrogens (primary N) is 1. The Morgan fingerprint density at radius 1 is 1.33 bits per heavy atom. The lowest BCUT2D eigenvalue weighted by Crippen LogP contribution is -2.36. The van der Waals surface area contributed by atoms with Crippen LogP contribution in [0.15, 0.2) is 30.3 Å². The van der Waals surface area contributed by atoms with E-state index in [0.29, 0.717) is 19.5 Å². The smallest absolute Gasteiger partial charge is 0.321 e. The van der Waals surface area contributed by atoms with Gasteiger partial charge in [-0.05, 0) is 34.6 Å². The number of aromatic amines is 1. The number of carbonyl (C=O) groups is 1. The number of benzene rings is 1. The van der Waals surface area contributed by atoms with Crippen LogP contribution in [-0.4, -0.2) is 27.3 Å². The molecule has 7 nitrogen and oxygen atoms in total. The van der Waals surface area contributed by atoms with E-state index in [1.165, 1.54) is 12.1 Å². The van der Waals surface area contributed by atoms with Gasteiger partial charge in [-0.1, -0.05) is 12.1 Å². The number of rotatable bonds is 2. The van der Waals surface area contributed by atoms with Crippen LogP contribution in [0.2, 0.25) is 0 Å². The van der Waals surface area contributed by atoms with Gasteiger partial charge in [0.1, 0.15) is 0 Å². The first-order valence-corrected chi connectivity index (χ1v) is 6.55. The highest BCUT2D eigenvalue weighted by Crippen LogP contribution is 2.25. The lowest BCUT2D eigenvalue weighted by Gasteiger charge is -2.28. The standard InChI is InChI=1S/C14H14N4O3/c15-11-3-1-2-9-8-17(7-6-10(9)11)14(19)12-4-5-13(16-12)18(20)21/h1-5,16H,6-8,15H2. The third-order valence-corrected chi connectivity index (χ3v) is 3.69. The minimum atomic E-state index is -0.553. The predicted octanol–water partition coefficient (Wildman–Crippen LogP) is 1.70. The molecule has 0 fully saturated rings. The van der Waals surface area contributed by atoms with Crippen molar-refractivity contribution in [1.82, 2.24) is 9.88 Å². The van der Waals surface area contributed by atoms with Crippen molar-refractivity contribution in [3.63, 3.8) is 0 Å². The van der Waals surface area contributed by atoms with E-state index in [-0.39, 0.29) is 17.4 Å². The van der Waals surface area contributed by atoms with E-state index >= 15 is 0 Å². The van der Waals surface area contributed by atoms with Crippen molar-refractivity contribution < 1.29 is 9.72 Å². The zero-order chi connectivity index (χ0) is 15.0. The van der Waals surface area contributed by atoms with Crippen LogP contribution in [0.5, 0.6) is 0 Å². The van der Waals surface area contributed by atoms with Gasteiger partial charge in [0.2, 0.25) is 0 Å². The van der Waals surface area contributed by atoms with E-state index in [9.17, 15) is 14.9 Å². The van der Waals surface area contributed by atoms with Crippen LogP contribution in [0.1, 0.15) is 21.6 Å². The molecule has 0 saturated carbocycles. The number of nitrogens with one attached hydrogen (secondary N) is 1. The molecule has 2 aromatic rings. The average Bonchev–Trinajstić information content (AvgIpc) is 2.96. The number of aromatic nitrogens is 1. The van der Waals surface area contributed by atoms with Crippen molar-refractivity contribution in [3.8, 4) is 0 Å². The number of hydrogen-bond acceptors (Lipinski definition) is 4. The van der Waals surface area contributed by atoms with Crippen LogP contribution in [0.4, 0.5) is 11.5 Å². The lowest BCUT2D eigenvalue weighted by molar-refractivity contribution is -0.389. The van der Waals surface area contributed by atoms with Crippen LogP contribution in [0.25, 0.3) is 0 Å². The van der Waals surface area contributed by atoms with E-state index in [2.05, 4.69) is 4.98 Å². The van der Waals surface area contributed by atoms with Crippen molar-refractivity contribution in [2.45, 2.75) is 13.0 Å². The van der Waals surface area contributed by atoms with Crippen molar-refractivity contribution in [3.05, 3.63) is 57.3 Å². The SMILES string of the molecule is Nc1cccc2c1CCN(C(=O)c1ccc([N+](=O)[O-])[nH]1)C2. The fourth-order valence-electron chi connectivity index (χ4n) is 2.60. The number of hydrogen-bond donors (Lipinski definition) is 2. The van der Waals surface area contributed by atoms with Gasteiger partial charge in [-0.2, -0.15) is 0 Å². The van der Waals surface area contributed by atoms with Crippen molar-refractivity contribution in [2.24, 2.45) is 0 Å². The Bertz CT molecular complexity index is 723. The van der Waals surface area contributed by atoms with Gasteiger partial charge in [0.25, 0.3) is 5.91 Å². The fraction of sp³-hybridized carbons (Fsp3) is 0.214. The summed E-state index contributed by atoms with van der Waals surface area (Å²) >= 11 is 0. The number of amides is 1. The molecule has 1 amide bonds. The van der Waals surface area contributed by atoms with Gasteiger partial charge in [-0.25, -0.2) is 4.98 Å². The molecule has 3 rings (SSSR count). The Kier molecular flexibility index (Phi) is 3.09. The largest absolute Gasteiger partial charge is 0.398 e. The number of fused-ring (bicyclic) bond motifs is 1. The van der Waals surface area contributed by atoms with Crippen LogP contribution >= 0.6 is 0 Å². The van der Waals surface area contributed by atoms with Gasteiger partial charge in [0.15, 0.2) is 5.69 Å². The zero-order valence-corrected chi connectivity index (χ0v) is 11.2. The molecular weight excluding hydrogens is 272 g/mol. The molecular formula is C14H14N4O3. The molecule has 0 unspecified atom stereocenters. The van der Waals surface area contributed by atoms with Crippen LogP contribution < -0.4 is 5.73 Å². The van der Waals surface area contributed by atoms with Gasteiger partial charge in [-0.3, -0.25) is 4.79 Å². The summed E-state index contributed by atoms with van der Waals surface area (Å²) in [6, 6.07) is 8.40. The Balaban J connectivity index is 1.82. The molecule has 0 atom stereocenters. The second kappa shape index (κ2) is 4.93. The first kappa shape index (κ1) is 13.2. The average molecular weight is 286 g/mol. The van der Waals surface area contributed by atoms with E-state index in [4.69, 9.17) is 5.73 Å². The quantitative estimate of drug-likeness (QED) is 0.498. The van der Waals surface area contributed by atoms with E-state index in [1.54, 1.807) is 4.90 Å². The molecule has 0 bridgehead atoms. The molecule has 1 aliphatic rings.